The second-order valence-electron chi connectivity index (χ2n) is 3.27. The van der Waals surface area contributed by atoms with Crippen LogP contribution in [0.3, 0.4) is 0 Å². The van der Waals surface area contributed by atoms with Gasteiger partial charge in [0.15, 0.2) is 4.77 Å². The number of nitrogens with zero attached hydrogens (tertiary/aromatic N) is 1. The first-order chi connectivity index (χ1) is 7.49. The van der Waals surface area contributed by atoms with E-state index in [0.29, 0.717) is 15.8 Å². The number of nitrogens with two attached hydrogens (primary N) is 1. The number of fused-ring (bicyclic) bond motifs is 1. The van der Waals surface area contributed by atoms with Gasteiger partial charge >= 0.3 is 0 Å². The predicted molar refractivity (Wildman–Crippen MR) is 61.3 cm³/mol. The summed E-state index contributed by atoms with van der Waals surface area (Å²) in [6.45, 7) is -0.0973. The van der Waals surface area contributed by atoms with Crippen molar-refractivity contribution < 1.29 is 9.18 Å². The lowest BCUT2D eigenvalue weighted by atomic mass is 10.3. The van der Waals surface area contributed by atoms with Gasteiger partial charge in [0.1, 0.15) is 12.4 Å². The lowest BCUT2D eigenvalue weighted by Gasteiger charge is -2.01. The minimum Gasteiger partial charge on any atom is -0.368 e. The van der Waals surface area contributed by atoms with Gasteiger partial charge in [-0.2, -0.15) is 0 Å². The van der Waals surface area contributed by atoms with Crippen LogP contribution in [-0.4, -0.2) is 15.5 Å². The number of aromatic nitrogens is 2. The van der Waals surface area contributed by atoms with Crippen molar-refractivity contribution in [2.45, 2.75) is 6.54 Å². The summed E-state index contributed by atoms with van der Waals surface area (Å²) in [4.78, 5) is 13.7. The molecular weight excluding hydrogens is 253 g/mol. The van der Waals surface area contributed by atoms with Crippen molar-refractivity contribution in [3.63, 3.8) is 0 Å². The Bertz CT molecular complexity index is 633. The van der Waals surface area contributed by atoms with E-state index in [1.54, 1.807) is 0 Å². The van der Waals surface area contributed by atoms with Crippen molar-refractivity contribution in [2.24, 2.45) is 5.73 Å². The van der Waals surface area contributed by atoms with Gasteiger partial charge in [-0.1, -0.05) is 11.6 Å². The lowest BCUT2D eigenvalue weighted by Crippen LogP contribution is -2.18. The molecule has 1 aromatic heterocycles. The van der Waals surface area contributed by atoms with E-state index in [2.05, 4.69) is 4.98 Å². The second-order valence-corrected chi connectivity index (χ2v) is 4.06. The lowest BCUT2D eigenvalue weighted by molar-refractivity contribution is -0.118. The number of halogens is 2. The molecule has 0 unspecified atom stereocenters. The molecule has 3 N–H and O–H groups in total. The Kier molecular flexibility index (Phi) is 2.69. The summed E-state index contributed by atoms with van der Waals surface area (Å²) < 4.78 is 15.0. The highest BCUT2D eigenvalue weighted by molar-refractivity contribution is 7.71. The van der Waals surface area contributed by atoms with E-state index in [4.69, 9.17) is 29.6 Å². The number of hydrogen-bond donors (Lipinski definition) is 2. The molecule has 0 saturated heterocycles. The zero-order chi connectivity index (χ0) is 11.9. The number of aromatic amines is 1. The Morgan fingerprint density at radius 1 is 1.62 bits per heavy atom. The van der Waals surface area contributed by atoms with Crippen LogP contribution in [0.2, 0.25) is 5.02 Å². The summed E-state index contributed by atoms with van der Waals surface area (Å²) in [6, 6.07) is 2.63. The van der Waals surface area contributed by atoms with Crippen LogP contribution >= 0.6 is 23.8 Å². The molecule has 0 bridgehead atoms. The molecule has 0 aliphatic rings. The second kappa shape index (κ2) is 3.88. The maximum atomic E-state index is 13.3. The Balaban J connectivity index is 2.74. The van der Waals surface area contributed by atoms with E-state index in [1.807, 2.05) is 0 Å². The molecule has 1 heterocycles. The molecule has 0 atom stereocenters. The van der Waals surface area contributed by atoms with Crippen LogP contribution in [0.5, 0.6) is 0 Å². The molecule has 0 saturated carbocycles. The number of amides is 1. The quantitative estimate of drug-likeness (QED) is 0.810. The summed E-state index contributed by atoms with van der Waals surface area (Å²) >= 11 is 10.6. The van der Waals surface area contributed by atoms with Gasteiger partial charge in [-0.15, -0.1) is 0 Å². The van der Waals surface area contributed by atoms with Crippen molar-refractivity contribution in [1.29, 1.82) is 0 Å². The van der Waals surface area contributed by atoms with E-state index in [9.17, 15) is 9.18 Å². The number of carbonyl (C=O) groups excluding carboxylic acids is 1. The standard InChI is InChI=1S/C9H7ClFN3OS/c10-4-1-6-7(2-5(4)11)14(3-8(12)15)9(16)13-6/h1-2H,3H2,(H2,12,15)(H,13,16). The topological polar surface area (TPSA) is 63.8 Å². The number of H-pyrrole nitrogens is 1. The van der Waals surface area contributed by atoms with Crippen LogP contribution in [0.25, 0.3) is 11.0 Å². The molecule has 0 spiro atoms. The number of hydrogen-bond acceptors (Lipinski definition) is 2. The van der Waals surface area contributed by atoms with Gasteiger partial charge < -0.3 is 15.3 Å². The van der Waals surface area contributed by atoms with Crippen LogP contribution in [0, 0.1) is 10.6 Å². The Morgan fingerprint density at radius 2 is 2.31 bits per heavy atom. The van der Waals surface area contributed by atoms with E-state index in [0.717, 1.165) is 0 Å². The zero-order valence-corrected chi connectivity index (χ0v) is 9.53. The zero-order valence-electron chi connectivity index (χ0n) is 7.96. The van der Waals surface area contributed by atoms with Crippen LogP contribution in [0.1, 0.15) is 0 Å². The fourth-order valence-electron chi connectivity index (χ4n) is 1.46. The third-order valence-electron chi connectivity index (χ3n) is 2.13. The van der Waals surface area contributed by atoms with Crippen molar-refractivity contribution >= 4 is 40.8 Å². The summed E-state index contributed by atoms with van der Waals surface area (Å²) in [5.74, 6) is -1.12. The smallest absolute Gasteiger partial charge is 0.237 e. The SMILES string of the molecule is NC(=O)Cn1c(=S)[nH]c2cc(Cl)c(F)cc21. The van der Waals surface area contributed by atoms with E-state index < -0.39 is 11.7 Å². The van der Waals surface area contributed by atoms with Gasteiger partial charge in [0.2, 0.25) is 5.91 Å². The number of primary amides is 1. The van der Waals surface area contributed by atoms with Gasteiger partial charge in [-0.25, -0.2) is 4.39 Å². The monoisotopic (exact) mass is 259 g/mol. The van der Waals surface area contributed by atoms with Gasteiger partial charge in [0.25, 0.3) is 0 Å². The number of carbonyl (C=O) groups is 1. The number of rotatable bonds is 2. The minimum atomic E-state index is -0.568. The van der Waals surface area contributed by atoms with Crippen molar-refractivity contribution in [1.82, 2.24) is 9.55 Å². The Labute approximate surface area is 99.8 Å². The molecule has 1 amide bonds. The summed E-state index contributed by atoms with van der Waals surface area (Å²) in [7, 11) is 0. The molecule has 0 fully saturated rings. The highest BCUT2D eigenvalue weighted by Crippen LogP contribution is 2.22. The summed E-state index contributed by atoms with van der Waals surface area (Å²) in [5.41, 5.74) is 6.10. The first-order valence-electron chi connectivity index (χ1n) is 4.35. The van der Waals surface area contributed by atoms with Gasteiger partial charge in [0, 0.05) is 6.07 Å². The maximum Gasteiger partial charge on any atom is 0.237 e. The summed E-state index contributed by atoms with van der Waals surface area (Å²) in [6.07, 6.45) is 0. The maximum absolute atomic E-state index is 13.3. The number of imidazole rings is 1. The Hall–Kier alpha value is -1.40. The number of benzene rings is 1. The summed E-state index contributed by atoms with van der Waals surface area (Å²) in [5, 5.41) is -0.00465. The third-order valence-corrected chi connectivity index (χ3v) is 2.74. The van der Waals surface area contributed by atoms with E-state index in [1.165, 1.54) is 16.7 Å². The normalized spacial score (nSPS) is 10.9. The largest absolute Gasteiger partial charge is 0.368 e. The van der Waals surface area contributed by atoms with Gasteiger partial charge in [0.05, 0.1) is 16.1 Å². The van der Waals surface area contributed by atoms with Gasteiger partial charge in [-0.3, -0.25) is 4.79 Å². The highest BCUT2D eigenvalue weighted by Gasteiger charge is 2.10. The average Bonchev–Trinajstić information content (AvgIpc) is 2.45. The first-order valence-corrected chi connectivity index (χ1v) is 5.13. The Morgan fingerprint density at radius 3 is 2.94 bits per heavy atom. The molecule has 1 aromatic carbocycles. The highest BCUT2D eigenvalue weighted by atomic mass is 35.5. The molecule has 2 aromatic rings. The molecule has 0 radical (unpaired) electrons. The van der Waals surface area contributed by atoms with E-state index >= 15 is 0 Å². The average molecular weight is 260 g/mol. The van der Waals surface area contributed by atoms with Crippen molar-refractivity contribution in [3.8, 4) is 0 Å². The van der Waals surface area contributed by atoms with Crippen LogP contribution in [0.15, 0.2) is 12.1 Å². The molecule has 2 rings (SSSR count). The minimum absolute atomic E-state index is 0.00465. The van der Waals surface area contributed by atoms with Crippen LogP contribution < -0.4 is 5.73 Å². The molecule has 84 valence electrons. The van der Waals surface area contributed by atoms with Gasteiger partial charge in [-0.05, 0) is 18.3 Å². The molecule has 0 aliphatic carbocycles. The fourth-order valence-corrected chi connectivity index (χ4v) is 1.90. The molecule has 4 nitrogen and oxygen atoms in total. The van der Waals surface area contributed by atoms with Crippen LogP contribution in [0.4, 0.5) is 4.39 Å². The molecular formula is C9H7ClFN3OS. The van der Waals surface area contributed by atoms with Crippen molar-refractivity contribution in [2.75, 3.05) is 0 Å². The fraction of sp³-hybridized carbons (Fsp3) is 0.111. The first kappa shape index (κ1) is 11.1. The molecule has 0 aliphatic heterocycles. The van der Waals surface area contributed by atoms with Crippen molar-refractivity contribution in [3.05, 3.63) is 27.7 Å². The van der Waals surface area contributed by atoms with E-state index in [-0.39, 0.29) is 11.6 Å². The van der Waals surface area contributed by atoms with Crippen LogP contribution in [-0.2, 0) is 11.3 Å². The molecule has 16 heavy (non-hydrogen) atoms. The third kappa shape index (κ3) is 1.81. The molecule has 7 heteroatoms. The number of nitrogens with one attached hydrogen (secondary N) is 1. The predicted octanol–water partition coefficient (Wildman–Crippen LogP) is 1.98.